The monoisotopic (exact) mass is 440 g/mol. The first kappa shape index (κ1) is 20.1. The summed E-state index contributed by atoms with van der Waals surface area (Å²) in [4.78, 5) is 53.2. The molecule has 162 valence electrons. The molecule has 0 saturated carbocycles. The van der Waals surface area contributed by atoms with Crippen molar-refractivity contribution in [3.63, 3.8) is 0 Å². The smallest absolute Gasteiger partial charge is 0.322 e. The van der Waals surface area contributed by atoms with Crippen LogP contribution in [0.4, 0.5) is 5.69 Å². The lowest BCUT2D eigenvalue weighted by atomic mass is 10.1. The molecular formula is C24H16N4O5. The lowest BCUT2D eigenvalue weighted by molar-refractivity contribution is 0.0642. The van der Waals surface area contributed by atoms with Crippen LogP contribution >= 0.6 is 0 Å². The molecule has 4 aromatic rings. The van der Waals surface area contributed by atoms with E-state index in [0.717, 1.165) is 5.56 Å². The minimum Gasteiger partial charge on any atom is -0.322 e. The van der Waals surface area contributed by atoms with Crippen molar-refractivity contribution in [2.45, 2.75) is 6.54 Å². The Morgan fingerprint density at radius 3 is 2.45 bits per heavy atom. The van der Waals surface area contributed by atoms with Crippen LogP contribution < -0.4 is 11.1 Å². The zero-order valence-electron chi connectivity index (χ0n) is 17.1. The van der Waals surface area contributed by atoms with Crippen LogP contribution in [-0.4, -0.2) is 32.8 Å². The lowest BCUT2D eigenvalue weighted by Gasteiger charge is -2.13. The van der Waals surface area contributed by atoms with E-state index in [-0.39, 0.29) is 35.0 Å². The number of fused-ring (bicyclic) bond motifs is 1. The van der Waals surface area contributed by atoms with Gasteiger partial charge in [0.2, 0.25) is 0 Å². The number of carbonyl (C=O) groups excluding carboxylic acids is 3. The van der Waals surface area contributed by atoms with Crippen molar-refractivity contribution in [2.24, 2.45) is 0 Å². The molecule has 3 amide bonds. The fourth-order valence-electron chi connectivity index (χ4n) is 3.64. The van der Waals surface area contributed by atoms with E-state index in [2.05, 4.69) is 20.0 Å². The van der Waals surface area contributed by atoms with Gasteiger partial charge < -0.3 is 5.32 Å². The van der Waals surface area contributed by atoms with Gasteiger partial charge in [-0.1, -0.05) is 47.6 Å². The molecule has 2 heterocycles. The van der Waals surface area contributed by atoms with Crippen molar-refractivity contribution in [1.29, 1.82) is 0 Å². The highest BCUT2D eigenvalue weighted by Gasteiger charge is 2.36. The number of H-pyrrole nitrogens is 1. The first-order chi connectivity index (χ1) is 16.0. The van der Waals surface area contributed by atoms with Crippen molar-refractivity contribution in [3.8, 4) is 11.4 Å². The Morgan fingerprint density at radius 1 is 0.909 bits per heavy atom. The number of rotatable bonds is 5. The second kappa shape index (κ2) is 8.04. The standard InChI is InChI=1S/C24H16N4O5/c29-21(25-17-8-4-7-15(11-17)20-26-24(32)33-27-20)16-9-10-18-19(12-16)23(31)28(22(18)30)13-14-5-2-1-3-6-14/h1-12H,13H2,(H,25,29)(H,26,27,32). The summed E-state index contributed by atoms with van der Waals surface area (Å²) >= 11 is 0. The van der Waals surface area contributed by atoms with Crippen LogP contribution in [0.5, 0.6) is 0 Å². The summed E-state index contributed by atoms with van der Waals surface area (Å²) in [5, 5.41) is 6.37. The van der Waals surface area contributed by atoms with Gasteiger partial charge in [0.25, 0.3) is 17.7 Å². The molecule has 0 fully saturated rings. The fourth-order valence-corrected chi connectivity index (χ4v) is 3.64. The molecule has 0 radical (unpaired) electrons. The lowest BCUT2D eigenvalue weighted by Crippen LogP contribution is -2.29. The molecule has 1 aromatic heterocycles. The molecule has 0 unspecified atom stereocenters. The summed E-state index contributed by atoms with van der Waals surface area (Å²) < 4.78 is 4.50. The molecule has 9 heteroatoms. The molecule has 0 bridgehead atoms. The Kier molecular flexibility index (Phi) is 4.91. The van der Waals surface area contributed by atoms with Crippen molar-refractivity contribution in [1.82, 2.24) is 15.0 Å². The zero-order valence-corrected chi connectivity index (χ0v) is 17.1. The van der Waals surface area contributed by atoms with Crippen LogP contribution in [0.15, 0.2) is 82.1 Å². The summed E-state index contributed by atoms with van der Waals surface area (Å²) in [5.74, 6) is -1.73. The van der Waals surface area contributed by atoms with Crippen LogP contribution in [-0.2, 0) is 6.54 Å². The van der Waals surface area contributed by atoms with E-state index in [0.29, 0.717) is 11.3 Å². The van der Waals surface area contributed by atoms with Crippen LogP contribution in [0, 0.1) is 0 Å². The van der Waals surface area contributed by atoms with Crippen LogP contribution in [0.1, 0.15) is 36.6 Å². The largest absolute Gasteiger partial charge is 0.439 e. The third-order valence-electron chi connectivity index (χ3n) is 5.25. The number of amides is 3. The highest BCUT2D eigenvalue weighted by molar-refractivity contribution is 6.22. The summed E-state index contributed by atoms with van der Waals surface area (Å²) in [6, 6.07) is 20.3. The predicted octanol–water partition coefficient (Wildman–Crippen LogP) is 3.08. The molecule has 1 aliphatic heterocycles. The Hall–Kier alpha value is -4.79. The third-order valence-corrected chi connectivity index (χ3v) is 5.25. The minimum atomic E-state index is -0.682. The van der Waals surface area contributed by atoms with Crippen molar-refractivity contribution in [3.05, 3.63) is 106 Å². The molecule has 9 nitrogen and oxygen atoms in total. The van der Waals surface area contributed by atoms with Crippen molar-refractivity contribution >= 4 is 23.4 Å². The third kappa shape index (κ3) is 3.83. The maximum Gasteiger partial charge on any atom is 0.439 e. The van der Waals surface area contributed by atoms with Gasteiger partial charge in [0.1, 0.15) is 0 Å². The Balaban J connectivity index is 1.36. The van der Waals surface area contributed by atoms with E-state index in [9.17, 15) is 19.2 Å². The Labute approximate surface area is 186 Å². The van der Waals surface area contributed by atoms with E-state index >= 15 is 0 Å². The first-order valence-electron chi connectivity index (χ1n) is 10.0. The zero-order chi connectivity index (χ0) is 22.9. The molecule has 0 saturated heterocycles. The van der Waals surface area contributed by atoms with Gasteiger partial charge >= 0.3 is 5.76 Å². The number of carbonyl (C=O) groups is 3. The number of anilines is 1. The van der Waals surface area contributed by atoms with E-state index in [1.54, 1.807) is 24.3 Å². The predicted molar refractivity (Wildman–Crippen MR) is 118 cm³/mol. The number of hydrogen-bond acceptors (Lipinski definition) is 6. The highest BCUT2D eigenvalue weighted by Crippen LogP contribution is 2.26. The number of nitrogens with one attached hydrogen (secondary N) is 2. The number of aromatic nitrogens is 2. The second-order valence-electron chi connectivity index (χ2n) is 7.42. The van der Waals surface area contributed by atoms with E-state index in [1.807, 2.05) is 30.3 Å². The number of nitrogens with zero attached hydrogens (tertiary/aromatic N) is 2. The van der Waals surface area contributed by atoms with Gasteiger partial charge in [-0.05, 0) is 35.9 Å². The van der Waals surface area contributed by atoms with E-state index in [4.69, 9.17) is 0 Å². The van der Waals surface area contributed by atoms with Crippen LogP contribution in [0.2, 0.25) is 0 Å². The first-order valence-corrected chi connectivity index (χ1v) is 10.0. The van der Waals surface area contributed by atoms with Crippen molar-refractivity contribution < 1.29 is 18.9 Å². The number of imide groups is 1. The summed E-state index contributed by atoms with van der Waals surface area (Å²) in [6.45, 7) is 0.158. The quantitative estimate of drug-likeness (QED) is 0.460. The van der Waals surface area contributed by atoms with Gasteiger partial charge in [-0.2, -0.15) is 0 Å². The summed E-state index contributed by atoms with van der Waals surface area (Å²) in [5.41, 5.74) is 2.52. The number of hydrogen-bond donors (Lipinski definition) is 2. The molecule has 33 heavy (non-hydrogen) atoms. The maximum atomic E-state index is 12.9. The minimum absolute atomic E-state index is 0.158. The van der Waals surface area contributed by atoms with Gasteiger partial charge in [0.15, 0.2) is 5.82 Å². The van der Waals surface area contributed by atoms with E-state index < -0.39 is 17.6 Å². The Morgan fingerprint density at radius 2 is 1.70 bits per heavy atom. The molecule has 1 aliphatic rings. The average molecular weight is 440 g/mol. The molecule has 5 rings (SSSR count). The van der Waals surface area contributed by atoms with Gasteiger partial charge in [0.05, 0.1) is 17.7 Å². The van der Waals surface area contributed by atoms with E-state index in [1.165, 1.54) is 23.1 Å². The highest BCUT2D eigenvalue weighted by atomic mass is 16.5. The van der Waals surface area contributed by atoms with Crippen molar-refractivity contribution in [2.75, 3.05) is 5.32 Å². The second-order valence-corrected chi connectivity index (χ2v) is 7.42. The van der Waals surface area contributed by atoms with Crippen LogP contribution in [0.25, 0.3) is 11.4 Å². The van der Waals surface area contributed by atoms with Gasteiger partial charge in [-0.3, -0.25) is 28.8 Å². The Bertz CT molecular complexity index is 1450. The fraction of sp³-hybridized carbons (Fsp3) is 0.0417. The molecular weight excluding hydrogens is 424 g/mol. The molecule has 0 atom stereocenters. The maximum absolute atomic E-state index is 12.9. The summed E-state index contributed by atoms with van der Waals surface area (Å²) in [7, 11) is 0. The molecule has 3 aromatic carbocycles. The average Bonchev–Trinajstić information content (AvgIpc) is 3.37. The van der Waals surface area contributed by atoms with Gasteiger partial charge in [-0.15, -0.1) is 0 Å². The molecule has 0 aliphatic carbocycles. The SMILES string of the molecule is O=C(Nc1cccc(-c2noc(=O)[nH]2)c1)c1ccc2c(c1)C(=O)N(Cc1ccccc1)C2=O. The normalized spacial score (nSPS) is 12.7. The topological polar surface area (TPSA) is 125 Å². The molecule has 0 spiro atoms. The molecule has 2 N–H and O–H groups in total. The summed E-state index contributed by atoms with van der Waals surface area (Å²) in [6.07, 6.45) is 0. The van der Waals surface area contributed by atoms with Gasteiger partial charge in [0, 0.05) is 16.8 Å². The van der Waals surface area contributed by atoms with Gasteiger partial charge in [-0.25, -0.2) is 4.79 Å². The number of benzene rings is 3. The van der Waals surface area contributed by atoms with Crippen LogP contribution in [0.3, 0.4) is 0 Å². The number of aromatic amines is 1.